The van der Waals surface area contributed by atoms with Gasteiger partial charge in [0.1, 0.15) is 0 Å². The normalized spacial score (nSPS) is 13.2. The second-order valence-corrected chi connectivity index (χ2v) is 6.70. The lowest BCUT2D eigenvalue weighted by Gasteiger charge is -2.12. The van der Waals surface area contributed by atoms with Crippen LogP contribution in [0.25, 0.3) is 0 Å². The highest BCUT2D eigenvalue weighted by Gasteiger charge is 2.07. The Bertz CT molecular complexity index is 606. The molecule has 0 amide bonds. The fourth-order valence-electron chi connectivity index (χ4n) is 2.23. The number of guanidine groups is 1. The molecule has 0 aliphatic carbocycles. The van der Waals surface area contributed by atoms with Gasteiger partial charge in [-0.2, -0.15) is 11.8 Å². The second-order valence-electron chi connectivity index (χ2n) is 5.67. The van der Waals surface area contributed by atoms with Crippen molar-refractivity contribution in [3.63, 3.8) is 0 Å². The van der Waals surface area contributed by atoms with Crippen molar-refractivity contribution >= 4 is 17.7 Å². The number of imidazole rings is 2. The van der Waals surface area contributed by atoms with E-state index in [1.54, 1.807) is 12.7 Å². The molecule has 0 saturated carbocycles. The summed E-state index contributed by atoms with van der Waals surface area (Å²) >= 11 is 1.84. The Hall–Kier alpha value is -1.96. The van der Waals surface area contributed by atoms with E-state index in [0.29, 0.717) is 5.96 Å². The molecule has 2 heterocycles. The largest absolute Gasteiger partial charge is 0.370 e. The third-order valence-corrected chi connectivity index (χ3v) is 4.86. The van der Waals surface area contributed by atoms with Gasteiger partial charge >= 0.3 is 0 Å². The van der Waals surface area contributed by atoms with Gasteiger partial charge in [0.15, 0.2) is 5.96 Å². The number of hydrogen-bond acceptors (Lipinski definition) is 4. The van der Waals surface area contributed by atoms with E-state index < -0.39 is 0 Å². The van der Waals surface area contributed by atoms with E-state index in [-0.39, 0.29) is 6.04 Å². The van der Waals surface area contributed by atoms with Crippen LogP contribution in [0.2, 0.25) is 0 Å². The van der Waals surface area contributed by atoms with Crippen molar-refractivity contribution in [2.24, 2.45) is 10.7 Å². The molecule has 0 bridgehead atoms. The number of aromatic nitrogens is 4. The van der Waals surface area contributed by atoms with Gasteiger partial charge in [0, 0.05) is 35.6 Å². The second kappa shape index (κ2) is 10.0. The number of nitrogens with two attached hydrogens (primary N) is 1. The molecular formula is C16H27N7S. The maximum Gasteiger partial charge on any atom is 0.188 e. The van der Waals surface area contributed by atoms with Crippen molar-refractivity contribution in [3.8, 4) is 0 Å². The summed E-state index contributed by atoms with van der Waals surface area (Å²) in [5.74, 6) is 2.38. The summed E-state index contributed by atoms with van der Waals surface area (Å²) in [6.45, 7) is 4.99. The molecule has 8 heteroatoms. The number of hydrogen-bond donors (Lipinski definition) is 4. The molecule has 0 unspecified atom stereocenters. The van der Waals surface area contributed by atoms with Crippen LogP contribution in [0.4, 0.5) is 0 Å². The Morgan fingerprint density at radius 3 is 2.96 bits per heavy atom. The zero-order chi connectivity index (χ0) is 17.2. The van der Waals surface area contributed by atoms with Crippen LogP contribution in [0.15, 0.2) is 23.8 Å². The van der Waals surface area contributed by atoms with Gasteiger partial charge in [-0.15, -0.1) is 0 Å². The molecule has 1 atom stereocenters. The topological polar surface area (TPSA) is 108 Å². The first-order chi connectivity index (χ1) is 11.7. The molecule has 2 aromatic rings. The highest BCUT2D eigenvalue weighted by molar-refractivity contribution is 7.98. The van der Waals surface area contributed by atoms with E-state index in [0.717, 1.165) is 54.4 Å². The Labute approximate surface area is 147 Å². The average molecular weight is 350 g/mol. The van der Waals surface area contributed by atoms with Crippen molar-refractivity contribution in [1.29, 1.82) is 0 Å². The highest BCUT2D eigenvalue weighted by Crippen LogP contribution is 2.15. The molecule has 0 fully saturated rings. The van der Waals surface area contributed by atoms with Gasteiger partial charge in [-0.1, -0.05) is 6.92 Å². The number of aromatic amines is 2. The SMILES string of the molecule is CC[C@@H](CSCc1nc[nH]c1C)N=C(N)NCCCc1cnc[nH]1. The fraction of sp³-hybridized carbons (Fsp3) is 0.562. The fourth-order valence-corrected chi connectivity index (χ4v) is 3.41. The molecular weight excluding hydrogens is 322 g/mol. The molecule has 2 aromatic heterocycles. The van der Waals surface area contributed by atoms with Crippen molar-refractivity contribution in [3.05, 3.63) is 35.9 Å². The lowest BCUT2D eigenvalue weighted by molar-refractivity contribution is 0.705. The number of nitrogens with one attached hydrogen (secondary N) is 3. The summed E-state index contributed by atoms with van der Waals surface area (Å²) in [5, 5.41) is 3.19. The lowest BCUT2D eigenvalue weighted by Crippen LogP contribution is -2.34. The number of rotatable bonds is 10. The highest BCUT2D eigenvalue weighted by atomic mass is 32.2. The molecule has 0 aliphatic heterocycles. The summed E-state index contributed by atoms with van der Waals surface area (Å²) in [5.41, 5.74) is 9.39. The average Bonchev–Trinajstić information content (AvgIpc) is 3.23. The third kappa shape index (κ3) is 6.27. The van der Waals surface area contributed by atoms with Crippen LogP contribution < -0.4 is 11.1 Å². The third-order valence-electron chi connectivity index (χ3n) is 3.76. The summed E-state index contributed by atoms with van der Waals surface area (Å²) in [6, 6.07) is 0.231. The van der Waals surface area contributed by atoms with E-state index in [2.05, 4.69) is 37.2 Å². The Balaban J connectivity index is 1.65. The first-order valence-corrected chi connectivity index (χ1v) is 9.45. The lowest BCUT2D eigenvalue weighted by atomic mass is 10.2. The molecule has 0 saturated heterocycles. The summed E-state index contributed by atoms with van der Waals surface area (Å²) < 4.78 is 0. The number of H-pyrrole nitrogens is 2. The van der Waals surface area contributed by atoms with Crippen molar-refractivity contribution in [2.45, 2.75) is 44.9 Å². The molecule has 132 valence electrons. The zero-order valence-corrected chi connectivity index (χ0v) is 15.2. The molecule has 0 spiro atoms. The van der Waals surface area contributed by atoms with E-state index in [4.69, 9.17) is 5.73 Å². The first kappa shape index (κ1) is 18.4. The number of nitrogens with zero attached hydrogens (tertiary/aromatic N) is 3. The zero-order valence-electron chi connectivity index (χ0n) is 14.4. The molecule has 0 aromatic carbocycles. The monoisotopic (exact) mass is 349 g/mol. The van der Waals surface area contributed by atoms with Crippen LogP contribution in [0.3, 0.4) is 0 Å². The van der Waals surface area contributed by atoms with Crippen LogP contribution in [-0.2, 0) is 12.2 Å². The Kier molecular flexibility index (Phi) is 7.67. The minimum absolute atomic E-state index is 0.231. The molecule has 0 radical (unpaired) electrons. The van der Waals surface area contributed by atoms with Crippen LogP contribution in [-0.4, -0.2) is 44.2 Å². The van der Waals surface area contributed by atoms with Gasteiger partial charge < -0.3 is 21.0 Å². The predicted molar refractivity (Wildman–Crippen MR) is 100 cm³/mol. The smallest absolute Gasteiger partial charge is 0.188 e. The maximum atomic E-state index is 5.99. The van der Waals surface area contributed by atoms with Gasteiger partial charge in [-0.3, -0.25) is 0 Å². The van der Waals surface area contributed by atoms with E-state index in [1.807, 2.05) is 24.9 Å². The maximum absolute atomic E-state index is 5.99. The van der Waals surface area contributed by atoms with Crippen LogP contribution in [0.5, 0.6) is 0 Å². The standard InChI is InChI=1S/C16H27N7S/c1-3-13(8-24-9-15-12(2)20-11-22-15)23-16(17)19-6-4-5-14-7-18-10-21-14/h7,10-11,13H,3-6,8-9H2,1-2H3,(H,18,21)(H,20,22)(H3,17,19,23)/t13-/m0/s1. The van der Waals surface area contributed by atoms with Gasteiger partial charge in [0.05, 0.1) is 24.4 Å². The van der Waals surface area contributed by atoms with Gasteiger partial charge in [0.25, 0.3) is 0 Å². The van der Waals surface area contributed by atoms with Crippen LogP contribution >= 0.6 is 11.8 Å². The van der Waals surface area contributed by atoms with Crippen molar-refractivity contribution < 1.29 is 0 Å². The van der Waals surface area contributed by atoms with Gasteiger partial charge in [-0.05, 0) is 26.2 Å². The molecule has 0 aliphatic rings. The Morgan fingerprint density at radius 2 is 2.29 bits per heavy atom. The molecule has 7 nitrogen and oxygen atoms in total. The van der Waals surface area contributed by atoms with E-state index in [9.17, 15) is 0 Å². The molecule has 2 rings (SSSR count). The molecule has 24 heavy (non-hydrogen) atoms. The van der Waals surface area contributed by atoms with Gasteiger partial charge in [0.2, 0.25) is 0 Å². The minimum atomic E-state index is 0.231. The summed E-state index contributed by atoms with van der Waals surface area (Å²) in [6.07, 6.45) is 8.21. The van der Waals surface area contributed by atoms with Gasteiger partial charge in [-0.25, -0.2) is 15.0 Å². The van der Waals surface area contributed by atoms with E-state index >= 15 is 0 Å². The number of thioether (sulfide) groups is 1. The number of aliphatic imine (C=N–C) groups is 1. The molecule has 5 N–H and O–H groups in total. The van der Waals surface area contributed by atoms with E-state index in [1.165, 1.54) is 0 Å². The van der Waals surface area contributed by atoms with Crippen molar-refractivity contribution in [2.75, 3.05) is 12.3 Å². The predicted octanol–water partition coefficient (Wildman–Crippen LogP) is 1.99. The minimum Gasteiger partial charge on any atom is -0.370 e. The van der Waals surface area contributed by atoms with Crippen LogP contribution in [0.1, 0.15) is 36.8 Å². The Morgan fingerprint density at radius 1 is 1.42 bits per heavy atom. The first-order valence-electron chi connectivity index (χ1n) is 8.30. The number of aryl methyl sites for hydroxylation is 2. The van der Waals surface area contributed by atoms with Crippen molar-refractivity contribution in [1.82, 2.24) is 25.3 Å². The summed E-state index contributed by atoms with van der Waals surface area (Å²) in [7, 11) is 0. The summed E-state index contributed by atoms with van der Waals surface area (Å²) in [4.78, 5) is 19.1. The van der Waals surface area contributed by atoms with Crippen LogP contribution in [0, 0.1) is 6.92 Å². The quantitative estimate of drug-likeness (QED) is 0.298.